The molecule has 0 bridgehead atoms. The van der Waals surface area contributed by atoms with Gasteiger partial charge in [0.15, 0.2) is 9.84 Å². The molecule has 1 amide bonds. The molecule has 1 aromatic heterocycles. The van der Waals surface area contributed by atoms with Gasteiger partial charge in [0, 0.05) is 29.8 Å². The summed E-state index contributed by atoms with van der Waals surface area (Å²) in [6.07, 6.45) is -9.12. The number of carbonyl (C=O) groups excluding carboxylic acids is 1. The summed E-state index contributed by atoms with van der Waals surface area (Å²) in [5.41, 5.74) is -6.41. The molecule has 2 heterocycles. The van der Waals surface area contributed by atoms with Crippen molar-refractivity contribution in [2.45, 2.75) is 78.7 Å². The van der Waals surface area contributed by atoms with Crippen LogP contribution in [0.4, 0.5) is 30.7 Å². The van der Waals surface area contributed by atoms with E-state index in [4.69, 9.17) is 0 Å². The zero-order valence-electron chi connectivity index (χ0n) is 25.1. The highest BCUT2D eigenvalue weighted by Gasteiger charge is 2.74. The van der Waals surface area contributed by atoms with Gasteiger partial charge in [-0.2, -0.15) is 31.4 Å². The number of alkyl halides is 7. The van der Waals surface area contributed by atoms with E-state index in [1.807, 2.05) is 0 Å². The predicted molar refractivity (Wildman–Crippen MR) is 156 cm³/mol. The van der Waals surface area contributed by atoms with E-state index in [0.717, 1.165) is 6.07 Å². The zero-order chi connectivity index (χ0) is 34.9. The van der Waals surface area contributed by atoms with Crippen molar-refractivity contribution in [3.8, 4) is 11.1 Å². The van der Waals surface area contributed by atoms with Crippen LogP contribution in [0.1, 0.15) is 55.2 Å². The Labute approximate surface area is 270 Å². The molecule has 3 aromatic rings. The summed E-state index contributed by atoms with van der Waals surface area (Å²) in [6.45, 7) is -0.0754. The molecule has 2 unspecified atom stereocenters. The van der Waals surface area contributed by atoms with E-state index in [2.05, 4.69) is 10.2 Å². The fourth-order valence-corrected chi connectivity index (χ4v) is 10.1. The lowest BCUT2D eigenvalue weighted by molar-refractivity contribution is -0.348. The van der Waals surface area contributed by atoms with Crippen molar-refractivity contribution >= 4 is 21.7 Å². The van der Waals surface area contributed by atoms with Gasteiger partial charge in [-0.05, 0) is 73.8 Å². The van der Waals surface area contributed by atoms with Gasteiger partial charge in [0.2, 0.25) is 5.91 Å². The van der Waals surface area contributed by atoms with Crippen LogP contribution in [-0.2, 0) is 36.3 Å². The lowest BCUT2D eigenvalue weighted by atomic mass is 9.76. The van der Waals surface area contributed by atoms with E-state index in [1.54, 1.807) is 6.20 Å². The molecule has 1 aliphatic heterocycles. The van der Waals surface area contributed by atoms with Gasteiger partial charge >= 0.3 is 24.0 Å². The summed E-state index contributed by atoms with van der Waals surface area (Å²) in [4.78, 5) is 26.6. The number of carbonyl (C=O) groups is 2. The van der Waals surface area contributed by atoms with Crippen LogP contribution in [0.25, 0.3) is 11.1 Å². The molecule has 3 aliphatic rings. The number of fused-ring (bicyclic) bond motifs is 3. The van der Waals surface area contributed by atoms with Gasteiger partial charge in [-0.1, -0.05) is 30.3 Å². The average Bonchev–Trinajstić information content (AvgIpc) is 3.72. The van der Waals surface area contributed by atoms with Crippen molar-refractivity contribution in [3.05, 3.63) is 71.5 Å². The number of halogens is 7. The third kappa shape index (κ3) is 5.08. The van der Waals surface area contributed by atoms with Crippen LogP contribution in [0.5, 0.6) is 0 Å². The Kier molecular flexibility index (Phi) is 8.19. The number of rotatable bonds is 6. The molecule has 258 valence electrons. The minimum Gasteiger partial charge on any atom is -0.481 e. The number of carboxylic acid groups (broad SMARTS) is 1. The Balaban J connectivity index is 1.45. The fraction of sp³-hybridized carbons (Fsp3) is 0.469. The van der Waals surface area contributed by atoms with Gasteiger partial charge in [-0.15, -0.1) is 0 Å². The summed E-state index contributed by atoms with van der Waals surface area (Å²) < 4.78 is 125. The molecule has 48 heavy (non-hydrogen) atoms. The number of sulfone groups is 1. The Bertz CT molecular complexity index is 1810. The number of hydrogen-bond acceptors (Lipinski definition) is 5. The number of likely N-dealkylation sites (tertiary alicyclic amines) is 1. The molecule has 2 fully saturated rings. The van der Waals surface area contributed by atoms with Gasteiger partial charge < -0.3 is 10.0 Å². The van der Waals surface area contributed by atoms with Gasteiger partial charge in [-0.25, -0.2) is 12.8 Å². The first-order chi connectivity index (χ1) is 22.4. The maximum Gasteiger partial charge on any atom is 0.435 e. The van der Waals surface area contributed by atoms with E-state index < -0.39 is 62.0 Å². The molecule has 16 heteroatoms. The van der Waals surface area contributed by atoms with E-state index in [9.17, 15) is 49.5 Å². The summed E-state index contributed by atoms with van der Waals surface area (Å²) in [5.74, 6) is -2.54. The largest absolute Gasteiger partial charge is 0.481 e. The highest BCUT2D eigenvalue weighted by atomic mass is 32.2. The van der Waals surface area contributed by atoms with E-state index in [-0.39, 0.29) is 73.4 Å². The van der Waals surface area contributed by atoms with Crippen LogP contribution in [0.15, 0.2) is 59.8 Å². The zero-order valence-corrected chi connectivity index (χ0v) is 25.9. The topological polar surface area (TPSA) is 120 Å². The van der Waals surface area contributed by atoms with Gasteiger partial charge in [0.05, 0.1) is 23.1 Å². The normalized spacial score (nSPS) is 25.0. The molecular formula is C32H30F7N3O5S. The summed E-state index contributed by atoms with van der Waals surface area (Å²) in [5, 5.41) is 15.9. The second kappa shape index (κ2) is 11.6. The van der Waals surface area contributed by atoms with Crippen LogP contribution >= 0.6 is 0 Å². The first-order valence-electron chi connectivity index (χ1n) is 15.3. The number of H-pyrrole nitrogens is 1. The molecule has 2 aliphatic carbocycles. The van der Waals surface area contributed by atoms with E-state index in [0.29, 0.717) is 23.3 Å². The average molecular weight is 702 g/mol. The summed E-state index contributed by atoms with van der Waals surface area (Å²) in [7, 11) is -4.51. The Hall–Kier alpha value is -3.95. The number of nitrogens with zero attached hydrogens (tertiary/aromatic N) is 2. The number of hydrogen-bond donors (Lipinski definition) is 2. The summed E-state index contributed by atoms with van der Waals surface area (Å²) in [6, 6.07) is 6.29. The third-order valence-electron chi connectivity index (χ3n) is 10.3. The van der Waals surface area contributed by atoms with Gasteiger partial charge in [0.25, 0.3) is 0 Å². The van der Waals surface area contributed by atoms with E-state index in [1.165, 1.54) is 35.4 Å². The van der Waals surface area contributed by atoms with Crippen LogP contribution in [0.2, 0.25) is 0 Å². The maximum atomic E-state index is 15.1. The Morgan fingerprint density at radius 3 is 2.06 bits per heavy atom. The molecular weight excluding hydrogens is 671 g/mol. The number of aromatic nitrogens is 2. The molecule has 0 spiro atoms. The monoisotopic (exact) mass is 701 g/mol. The van der Waals surface area contributed by atoms with Crippen LogP contribution in [0, 0.1) is 11.8 Å². The van der Waals surface area contributed by atoms with Crippen LogP contribution < -0.4 is 0 Å². The van der Waals surface area contributed by atoms with Crippen molar-refractivity contribution in [2.75, 3.05) is 6.54 Å². The van der Waals surface area contributed by atoms with Crippen molar-refractivity contribution in [1.29, 1.82) is 0 Å². The maximum absolute atomic E-state index is 15.1. The minimum atomic E-state index is -6.35. The predicted octanol–water partition coefficient (Wildman–Crippen LogP) is 6.47. The van der Waals surface area contributed by atoms with Gasteiger partial charge in [-0.3, -0.25) is 14.7 Å². The fourth-order valence-electron chi connectivity index (χ4n) is 7.76. The highest BCUT2D eigenvalue weighted by molar-refractivity contribution is 7.92. The number of aryl methyl sites for hydroxylation is 1. The molecule has 6 rings (SSSR count). The Morgan fingerprint density at radius 1 is 0.875 bits per heavy atom. The van der Waals surface area contributed by atoms with Crippen LogP contribution in [0.3, 0.4) is 0 Å². The van der Waals surface area contributed by atoms with Crippen LogP contribution in [-0.4, -0.2) is 65.4 Å². The first-order valence-corrected chi connectivity index (χ1v) is 16.7. The molecule has 1 saturated heterocycles. The lowest BCUT2D eigenvalue weighted by Crippen LogP contribution is -2.53. The molecule has 2 atom stereocenters. The van der Waals surface area contributed by atoms with Crippen molar-refractivity contribution < 1.29 is 53.8 Å². The number of amides is 1. The number of aliphatic carboxylic acids is 1. The smallest absolute Gasteiger partial charge is 0.435 e. The SMILES string of the molecule is O=C(O)[C@H]1CC[C@H](C(=O)N2CCC3(S(=O)(=O)c4ccc(-c5cn[nH]c5)cc4)c4ccc(C(F)(C(F)(F)F)C(F)(F)F)cc4CCC23)CC1. The summed E-state index contributed by atoms with van der Waals surface area (Å²) >= 11 is 0. The third-order valence-corrected chi connectivity index (χ3v) is 12.8. The van der Waals surface area contributed by atoms with Crippen molar-refractivity contribution in [1.82, 2.24) is 15.1 Å². The van der Waals surface area contributed by atoms with Crippen molar-refractivity contribution in [2.24, 2.45) is 11.8 Å². The molecule has 8 nitrogen and oxygen atoms in total. The van der Waals surface area contributed by atoms with Gasteiger partial charge in [0.1, 0.15) is 4.75 Å². The van der Waals surface area contributed by atoms with E-state index >= 15 is 4.39 Å². The quantitative estimate of drug-likeness (QED) is 0.284. The second-order valence-electron chi connectivity index (χ2n) is 12.7. The molecule has 2 aromatic carbocycles. The molecule has 1 saturated carbocycles. The molecule has 2 N–H and O–H groups in total. The number of benzene rings is 2. The first kappa shape index (κ1) is 33.9. The number of nitrogens with one attached hydrogen (secondary N) is 1. The number of carboxylic acids is 1. The second-order valence-corrected chi connectivity index (χ2v) is 14.9. The number of aromatic amines is 1. The lowest BCUT2D eigenvalue weighted by Gasteiger charge is -2.44. The Morgan fingerprint density at radius 2 is 1.50 bits per heavy atom. The van der Waals surface area contributed by atoms with Crippen molar-refractivity contribution in [3.63, 3.8) is 0 Å². The highest BCUT2D eigenvalue weighted by Crippen LogP contribution is 2.57. The minimum absolute atomic E-state index is 0.0754. The standard InChI is InChI=1S/C32H30F7N3O5S/c33-30(31(34,35)36,32(37,38)39)23-8-11-25-21(15-23)7-12-26-29(25,13-14-42(26)27(43)19-1-3-20(4-2-19)28(44)45)48(46,47)24-9-5-18(6-10-24)22-16-40-41-17-22/h5-6,8-11,15-17,19-20,26H,1-4,7,12-14H2,(H,40,41)(H,44,45)/t19-,20-,26?,29?. The molecule has 0 radical (unpaired) electrons.